The summed E-state index contributed by atoms with van der Waals surface area (Å²) in [6.45, 7) is 6.28. The van der Waals surface area contributed by atoms with E-state index in [1.54, 1.807) is 12.4 Å². The van der Waals surface area contributed by atoms with Crippen molar-refractivity contribution in [1.82, 2.24) is 30.1 Å². The zero-order chi connectivity index (χ0) is 22.8. The molecular formula is C22H25Cl2N7O2. The van der Waals surface area contributed by atoms with Gasteiger partial charge in [-0.2, -0.15) is 0 Å². The first-order chi connectivity index (χ1) is 16.2. The van der Waals surface area contributed by atoms with Gasteiger partial charge in [0.05, 0.1) is 21.8 Å². The van der Waals surface area contributed by atoms with Crippen molar-refractivity contribution in [1.29, 1.82) is 0 Å². The molecule has 0 amide bonds. The van der Waals surface area contributed by atoms with Gasteiger partial charge in [-0.25, -0.2) is 4.68 Å². The molecule has 1 unspecified atom stereocenters. The molecule has 0 spiro atoms. The van der Waals surface area contributed by atoms with Crippen LogP contribution < -0.4 is 14.4 Å². The van der Waals surface area contributed by atoms with Crippen LogP contribution in [-0.2, 0) is 6.54 Å². The number of tetrazole rings is 1. The molecule has 1 fully saturated rings. The molecule has 1 atom stereocenters. The van der Waals surface area contributed by atoms with Crippen molar-refractivity contribution in [3.63, 3.8) is 0 Å². The molecule has 3 aromatic rings. The van der Waals surface area contributed by atoms with Crippen LogP contribution in [0.15, 0.2) is 30.6 Å². The number of hydrogen-bond donors (Lipinski definition) is 0. The van der Waals surface area contributed by atoms with E-state index in [-0.39, 0.29) is 12.8 Å². The van der Waals surface area contributed by atoms with Crippen molar-refractivity contribution < 1.29 is 9.47 Å². The third-order valence-corrected chi connectivity index (χ3v) is 6.62. The van der Waals surface area contributed by atoms with Crippen molar-refractivity contribution >= 4 is 28.9 Å². The number of anilines is 1. The second kappa shape index (κ2) is 9.70. The fourth-order valence-electron chi connectivity index (χ4n) is 4.39. The summed E-state index contributed by atoms with van der Waals surface area (Å²) in [5, 5.41) is 13.8. The molecule has 0 aliphatic carbocycles. The topological polar surface area (TPSA) is 81.4 Å². The van der Waals surface area contributed by atoms with Crippen molar-refractivity contribution in [2.45, 2.75) is 32.4 Å². The quantitative estimate of drug-likeness (QED) is 0.495. The Labute approximate surface area is 202 Å². The first-order valence-electron chi connectivity index (χ1n) is 11.1. The number of halogens is 2. The van der Waals surface area contributed by atoms with Crippen molar-refractivity contribution in [3.05, 3.63) is 52.0 Å². The number of unbranched alkanes of at least 4 members (excludes halogenated alkanes) is 1. The third-order valence-electron chi connectivity index (χ3n) is 6.06. The van der Waals surface area contributed by atoms with Gasteiger partial charge in [-0.05, 0) is 34.5 Å². The maximum atomic E-state index is 6.40. The van der Waals surface area contributed by atoms with Crippen LogP contribution in [0.2, 0.25) is 10.0 Å². The smallest absolute Gasteiger partial charge is 0.231 e. The number of fused-ring (bicyclic) bond motifs is 1. The number of aromatic nitrogens is 5. The standard InChI is InChI=1S/C22H25Cl2N7O2/c1-2-3-6-31-22(26-27-28-31)20(15-4-5-18-19(11-15)33-14-32-18)29-7-9-30(10-8-29)21-16(23)12-25-13-17(21)24/h4-5,11-13,20H,2-3,6-10,14H2,1H3. The van der Waals surface area contributed by atoms with Gasteiger partial charge >= 0.3 is 0 Å². The SMILES string of the molecule is CCCCn1nnnc1C(c1ccc2c(c1)OCO2)N1CCN(c2c(Cl)cncc2Cl)CC1. The van der Waals surface area contributed by atoms with E-state index in [1.807, 2.05) is 16.8 Å². The molecular weight excluding hydrogens is 465 g/mol. The summed E-state index contributed by atoms with van der Waals surface area (Å²) < 4.78 is 13.1. The van der Waals surface area contributed by atoms with Gasteiger partial charge in [-0.1, -0.05) is 42.6 Å². The lowest BCUT2D eigenvalue weighted by atomic mass is 10.0. The fraction of sp³-hybridized carbons (Fsp3) is 0.455. The molecule has 5 rings (SSSR count). The summed E-state index contributed by atoms with van der Waals surface area (Å²) in [6.07, 6.45) is 5.34. The lowest BCUT2D eigenvalue weighted by Crippen LogP contribution is -2.48. The maximum absolute atomic E-state index is 6.40. The van der Waals surface area contributed by atoms with Crippen LogP contribution in [0.1, 0.15) is 37.2 Å². The Morgan fingerprint density at radius 3 is 2.55 bits per heavy atom. The summed E-state index contributed by atoms with van der Waals surface area (Å²) in [5.74, 6) is 2.34. The van der Waals surface area contributed by atoms with Gasteiger partial charge in [0.2, 0.25) is 6.79 Å². The van der Waals surface area contributed by atoms with E-state index < -0.39 is 0 Å². The predicted molar refractivity (Wildman–Crippen MR) is 125 cm³/mol. The van der Waals surface area contributed by atoms with Gasteiger partial charge < -0.3 is 14.4 Å². The number of ether oxygens (including phenoxy) is 2. The van der Waals surface area contributed by atoms with E-state index >= 15 is 0 Å². The largest absolute Gasteiger partial charge is 0.454 e. The van der Waals surface area contributed by atoms with E-state index in [9.17, 15) is 0 Å². The minimum atomic E-state index is -0.114. The summed E-state index contributed by atoms with van der Waals surface area (Å²) in [6, 6.07) is 5.95. The molecule has 0 N–H and O–H groups in total. The lowest BCUT2D eigenvalue weighted by Gasteiger charge is -2.40. The highest BCUT2D eigenvalue weighted by Crippen LogP contribution is 2.38. The molecule has 9 nitrogen and oxygen atoms in total. The average molecular weight is 490 g/mol. The van der Waals surface area contributed by atoms with E-state index in [1.165, 1.54) is 0 Å². The molecule has 33 heavy (non-hydrogen) atoms. The molecule has 2 aliphatic rings. The lowest BCUT2D eigenvalue weighted by molar-refractivity contribution is 0.173. The van der Waals surface area contributed by atoms with Gasteiger partial charge in [0.1, 0.15) is 0 Å². The predicted octanol–water partition coefficient (Wildman–Crippen LogP) is 3.82. The molecule has 11 heteroatoms. The highest BCUT2D eigenvalue weighted by molar-refractivity contribution is 6.38. The molecule has 4 heterocycles. The minimum Gasteiger partial charge on any atom is -0.454 e. The molecule has 0 radical (unpaired) electrons. The van der Waals surface area contributed by atoms with Crippen LogP contribution in [0, 0.1) is 0 Å². The van der Waals surface area contributed by atoms with Crippen LogP contribution in [0.3, 0.4) is 0 Å². The number of benzene rings is 1. The highest BCUT2D eigenvalue weighted by atomic mass is 35.5. The van der Waals surface area contributed by atoms with E-state index in [0.29, 0.717) is 10.0 Å². The molecule has 174 valence electrons. The minimum absolute atomic E-state index is 0.114. The summed E-state index contributed by atoms with van der Waals surface area (Å²) in [4.78, 5) is 8.67. The summed E-state index contributed by atoms with van der Waals surface area (Å²) in [7, 11) is 0. The van der Waals surface area contributed by atoms with Gasteiger partial charge in [0.25, 0.3) is 0 Å². The zero-order valence-electron chi connectivity index (χ0n) is 18.3. The Balaban J connectivity index is 1.44. The Morgan fingerprint density at radius 2 is 1.79 bits per heavy atom. The number of hydrogen-bond acceptors (Lipinski definition) is 8. The molecule has 1 saturated heterocycles. The van der Waals surface area contributed by atoms with E-state index in [2.05, 4.69) is 43.3 Å². The monoisotopic (exact) mass is 489 g/mol. The van der Waals surface area contributed by atoms with Crippen molar-refractivity contribution in [2.24, 2.45) is 0 Å². The molecule has 2 aliphatic heterocycles. The first kappa shape index (κ1) is 22.2. The first-order valence-corrected chi connectivity index (χ1v) is 11.8. The second-order valence-electron chi connectivity index (χ2n) is 8.10. The summed E-state index contributed by atoms with van der Waals surface area (Å²) >= 11 is 12.8. The van der Waals surface area contributed by atoms with E-state index in [0.717, 1.165) is 74.1 Å². The third kappa shape index (κ3) is 4.45. The van der Waals surface area contributed by atoms with Crippen molar-refractivity contribution in [2.75, 3.05) is 37.9 Å². The number of piperazine rings is 1. The Bertz CT molecular complexity index is 1100. The molecule has 0 saturated carbocycles. The van der Waals surface area contributed by atoms with Crippen LogP contribution in [0.5, 0.6) is 11.5 Å². The Kier molecular flexibility index (Phi) is 6.52. The molecule has 1 aromatic carbocycles. The van der Waals surface area contributed by atoms with Crippen molar-refractivity contribution in [3.8, 4) is 11.5 Å². The molecule has 2 aromatic heterocycles. The van der Waals surface area contributed by atoms with Gasteiger partial charge in [0, 0.05) is 45.1 Å². The normalized spacial score (nSPS) is 16.9. The number of rotatable bonds is 7. The highest BCUT2D eigenvalue weighted by Gasteiger charge is 2.32. The fourth-order valence-corrected chi connectivity index (χ4v) is 4.99. The van der Waals surface area contributed by atoms with Crippen LogP contribution in [0.4, 0.5) is 5.69 Å². The second-order valence-corrected chi connectivity index (χ2v) is 8.92. The van der Waals surface area contributed by atoms with Gasteiger partial charge in [0.15, 0.2) is 17.3 Å². The Morgan fingerprint density at radius 1 is 1.03 bits per heavy atom. The zero-order valence-corrected chi connectivity index (χ0v) is 19.8. The Hall–Kier alpha value is -2.62. The van der Waals surface area contributed by atoms with Crippen LogP contribution in [0.25, 0.3) is 0 Å². The number of pyridine rings is 1. The average Bonchev–Trinajstić information content (AvgIpc) is 3.48. The van der Waals surface area contributed by atoms with Gasteiger partial charge in [-0.3, -0.25) is 9.88 Å². The maximum Gasteiger partial charge on any atom is 0.231 e. The summed E-state index contributed by atoms with van der Waals surface area (Å²) in [5.41, 5.74) is 1.90. The van der Waals surface area contributed by atoms with Crippen LogP contribution >= 0.6 is 23.2 Å². The van der Waals surface area contributed by atoms with Gasteiger partial charge in [-0.15, -0.1) is 5.10 Å². The number of nitrogens with zero attached hydrogens (tertiary/aromatic N) is 7. The van der Waals surface area contributed by atoms with Crippen LogP contribution in [-0.4, -0.2) is 63.1 Å². The molecule has 0 bridgehead atoms. The number of aryl methyl sites for hydroxylation is 1. The van der Waals surface area contributed by atoms with E-state index in [4.69, 9.17) is 32.7 Å².